The monoisotopic (exact) mass is 743 g/mol. The van der Waals surface area contributed by atoms with Gasteiger partial charge in [-0.05, 0) is 128 Å². The number of carbonyl (C=O) groups excluding carboxylic acids is 2. The normalized spacial score (nSPS) is 14.7. The number of ether oxygens (including phenoxy) is 2. The first-order valence-corrected chi connectivity index (χ1v) is 22.3. The number of carbonyl (C=O) groups is 2. The molecule has 292 valence electrons. The second-order valence-corrected chi connectivity index (χ2v) is 23.4. The second kappa shape index (κ2) is 16.2. The summed E-state index contributed by atoms with van der Waals surface area (Å²) in [6, 6.07) is 21.1. The van der Waals surface area contributed by atoms with E-state index in [0.29, 0.717) is 5.56 Å². The minimum absolute atomic E-state index is 0.0626. The van der Waals surface area contributed by atoms with Crippen molar-refractivity contribution in [1.29, 1.82) is 0 Å². The number of hydrogen-bond acceptors (Lipinski definition) is 6. The highest BCUT2D eigenvalue weighted by atomic mass is 28.4. The van der Waals surface area contributed by atoms with Gasteiger partial charge in [-0.3, -0.25) is 0 Å². The van der Waals surface area contributed by atoms with E-state index < -0.39 is 31.4 Å². The number of aryl methyl sites for hydroxylation is 3. The topological polar surface area (TPSA) is 87.9 Å². The van der Waals surface area contributed by atoms with Crippen molar-refractivity contribution >= 4 is 20.3 Å². The van der Waals surface area contributed by atoms with E-state index in [1.807, 2.05) is 12.1 Å². The molecule has 3 aromatic carbocycles. The van der Waals surface area contributed by atoms with Crippen molar-refractivity contribution in [3.63, 3.8) is 0 Å². The number of hydrogen-bond donors (Lipinski definition) is 1. The third-order valence-corrected chi connectivity index (χ3v) is 16.1. The van der Waals surface area contributed by atoms with Crippen molar-refractivity contribution in [3.05, 3.63) is 94.0 Å². The molecule has 6 nitrogen and oxygen atoms in total. The van der Waals surface area contributed by atoms with Gasteiger partial charge in [0.05, 0.1) is 13.2 Å². The van der Waals surface area contributed by atoms with Crippen LogP contribution in [0.1, 0.15) is 129 Å². The minimum atomic E-state index is -2.08. The molecule has 2 N–H and O–H groups in total. The molecular weight excluding hydrogens is 675 g/mol. The van der Waals surface area contributed by atoms with Crippen molar-refractivity contribution < 1.29 is 23.5 Å². The fraction of sp³-hybridized carbons (Fsp3) is 0.565. The largest absolute Gasteiger partial charge is 0.467 e. The molecule has 2 atom stereocenters. The number of nitrogens with two attached hydrogens (primary N) is 1. The van der Waals surface area contributed by atoms with Crippen molar-refractivity contribution in [3.8, 4) is 11.1 Å². The van der Waals surface area contributed by atoms with E-state index >= 15 is 0 Å². The van der Waals surface area contributed by atoms with Gasteiger partial charge >= 0.3 is 11.9 Å². The Morgan fingerprint density at radius 1 is 0.736 bits per heavy atom. The quantitative estimate of drug-likeness (QED) is 0.107. The highest BCUT2D eigenvalue weighted by molar-refractivity contribution is 6.74. The predicted octanol–water partition coefficient (Wildman–Crippen LogP) is 11.1. The van der Waals surface area contributed by atoms with Gasteiger partial charge in [-0.1, -0.05) is 116 Å². The number of rotatable bonds is 13. The molecule has 7 heteroatoms. The van der Waals surface area contributed by atoms with E-state index in [-0.39, 0.29) is 22.0 Å². The van der Waals surface area contributed by atoms with Crippen molar-refractivity contribution in [2.75, 3.05) is 7.11 Å². The fourth-order valence-corrected chi connectivity index (χ4v) is 8.57. The lowest BCUT2D eigenvalue weighted by atomic mass is 9.69. The molecule has 0 saturated carbocycles. The lowest BCUT2D eigenvalue weighted by Crippen LogP contribution is -2.54. The highest BCUT2D eigenvalue weighted by Gasteiger charge is 2.48. The van der Waals surface area contributed by atoms with E-state index in [2.05, 4.69) is 119 Å². The van der Waals surface area contributed by atoms with Crippen LogP contribution in [0.25, 0.3) is 11.1 Å². The molecule has 0 aliphatic heterocycles. The summed E-state index contributed by atoms with van der Waals surface area (Å²) in [6.07, 6.45) is 4.13. The van der Waals surface area contributed by atoms with Crippen LogP contribution in [0.2, 0.25) is 18.1 Å². The second-order valence-electron chi connectivity index (χ2n) is 18.6. The summed E-state index contributed by atoms with van der Waals surface area (Å²) in [5.74, 6) is -1.72. The van der Waals surface area contributed by atoms with E-state index in [0.717, 1.165) is 42.4 Å². The number of benzene rings is 3. The molecule has 53 heavy (non-hydrogen) atoms. The Labute approximate surface area is 322 Å². The van der Waals surface area contributed by atoms with Crippen LogP contribution in [0.4, 0.5) is 0 Å². The zero-order valence-electron chi connectivity index (χ0n) is 35.8. The average molecular weight is 744 g/mol. The van der Waals surface area contributed by atoms with Gasteiger partial charge in [0.1, 0.15) is 5.60 Å². The van der Waals surface area contributed by atoms with Gasteiger partial charge in [0.15, 0.2) is 8.32 Å². The van der Waals surface area contributed by atoms with Crippen LogP contribution in [-0.2, 0) is 40.9 Å². The third kappa shape index (κ3) is 9.70. The van der Waals surface area contributed by atoms with Crippen molar-refractivity contribution in [1.82, 2.24) is 0 Å². The molecular formula is C46H69NO5Si. The van der Waals surface area contributed by atoms with Crippen LogP contribution in [0, 0.1) is 19.3 Å². The first-order chi connectivity index (χ1) is 24.3. The van der Waals surface area contributed by atoms with Gasteiger partial charge in [-0.2, -0.15) is 0 Å². The molecule has 0 heterocycles. The fourth-order valence-electron chi connectivity index (χ4n) is 7.03. The van der Waals surface area contributed by atoms with Gasteiger partial charge in [-0.15, -0.1) is 0 Å². The zero-order valence-corrected chi connectivity index (χ0v) is 36.8. The molecule has 0 saturated heterocycles. The molecule has 1 unspecified atom stereocenters. The standard InChI is InChI=1S/C46H69NO5Si/c1-17-45(18-2,36-25-19-33(31(3)29-36)22-28-39(42(5,6)7)52-53(15,16)44(11,12)13)37-26-27-38(32(4)30-37)34-20-23-35(24-21-34)46(47,40(48)50-14)41(49)51-43(8,9)10/h19-21,23-27,29-30,39H,17-18,22,28,47H2,1-16H3/t39?,46-/m0/s1. The van der Waals surface area contributed by atoms with Crippen LogP contribution in [0.15, 0.2) is 60.7 Å². The van der Waals surface area contributed by atoms with Gasteiger partial charge in [0.2, 0.25) is 5.54 Å². The molecule has 0 aliphatic rings. The maximum absolute atomic E-state index is 13.2. The summed E-state index contributed by atoms with van der Waals surface area (Å²) in [6.45, 7) is 32.7. The first kappa shape index (κ1) is 44.1. The Bertz CT molecular complexity index is 1740. The number of esters is 2. The maximum Gasteiger partial charge on any atom is 0.343 e. The summed E-state index contributed by atoms with van der Waals surface area (Å²) in [7, 11) is -0.694. The van der Waals surface area contributed by atoms with Crippen LogP contribution in [0.5, 0.6) is 0 Å². The van der Waals surface area contributed by atoms with E-state index in [1.54, 1.807) is 32.9 Å². The molecule has 0 amide bonds. The Balaban J connectivity index is 1.93. The predicted molar refractivity (Wildman–Crippen MR) is 223 cm³/mol. The van der Waals surface area contributed by atoms with Gasteiger partial charge in [0.25, 0.3) is 0 Å². The van der Waals surface area contributed by atoms with Crippen LogP contribution in [0.3, 0.4) is 0 Å². The van der Waals surface area contributed by atoms with E-state index in [1.165, 1.54) is 29.4 Å². The van der Waals surface area contributed by atoms with Crippen molar-refractivity contribution in [2.24, 2.45) is 11.1 Å². The molecule has 3 aromatic rings. The highest BCUT2D eigenvalue weighted by Crippen LogP contribution is 2.43. The zero-order chi connectivity index (χ0) is 40.4. The Morgan fingerprint density at radius 3 is 1.68 bits per heavy atom. The van der Waals surface area contributed by atoms with Crippen LogP contribution >= 0.6 is 0 Å². The molecule has 0 bridgehead atoms. The lowest BCUT2D eigenvalue weighted by molar-refractivity contribution is -0.171. The Kier molecular flexibility index (Phi) is 13.5. The van der Waals surface area contributed by atoms with E-state index in [4.69, 9.17) is 19.6 Å². The summed E-state index contributed by atoms with van der Waals surface area (Å²) < 4.78 is 17.5. The SMILES string of the molecule is CCC(CC)(c1ccc(CCC(O[Si](C)(C)C(C)(C)C)C(C)(C)C)c(C)c1)c1ccc(-c2ccc([C@](N)(C(=O)OC)C(=O)OC(C)(C)C)cc2)c(C)c1. The Morgan fingerprint density at radius 2 is 1.25 bits per heavy atom. The smallest absolute Gasteiger partial charge is 0.343 e. The summed E-state index contributed by atoms with van der Waals surface area (Å²) in [4.78, 5) is 26.0. The summed E-state index contributed by atoms with van der Waals surface area (Å²) >= 11 is 0. The number of methoxy groups -OCH3 is 1. The molecule has 0 radical (unpaired) electrons. The first-order valence-electron chi connectivity index (χ1n) is 19.4. The van der Waals surface area contributed by atoms with Gasteiger partial charge in [-0.25, -0.2) is 9.59 Å². The van der Waals surface area contributed by atoms with Crippen molar-refractivity contribution in [2.45, 2.75) is 156 Å². The lowest BCUT2D eigenvalue weighted by Gasteiger charge is -2.43. The summed E-state index contributed by atoms with van der Waals surface area (Å²) in [5, 5.41) is 0.172. The molecule has 0 fully saturated rings. The summed E-state index contributed by atoms with van der Waals surface area (Å²) in [5.41, 5.74) is 12.3. The van der Waals surface area contributed by atoms with Crippen LogP contribution in [-0.4, -0.2) is 39.1 Å². The van der Waals surface area contributed by atoms with Gasteiger partial charge < -0.3 is 19.6 Å². The van der Waals surface area contributed by atoms with E-state index in [9.17, 15) is 9.59 Å². The van der Waals surface area contributed by atoms with Crippen LogP contribution < -0.4 is 5.73 Å². The minimum Gasteiger partial charge on any atom is -0.467 e. The molecule has 0 aliphatic carbocycles. The third-order valence-electron chi connectivity index (χ3n) is 11.6. The Hall–Kier alpha value is -3.26. The maximum atomic E-state index is 13.2. The molecule has 0 aromatic heterocycles. The molecule has 0 spiro atoms. The molecule has 3 rings (SSSR count). The van der Waals surface area contributed by atoms with Gasteiger partial charge in [0, 0.05) is 5.41 Å². The average Bonchev–Trinajstić information content (AvgIpc) is 3.05.